The predicted octanol–water partition coefficient (Wildman–Crippen LogP) is 4.18. The Balaban J connectivity index is 2.96. The lowest BCUT2D eigenvalue weighted by Gasteiger charge is -2.13. The molecule has 0 N–H and O–H groups in total. The number of hydrogen-bond acceptors (Lipinski definition) is 2. The molecule has 0 saturated carbocycles. The SMILES string of the molecule is COc1ccc(CCC(C)Br)c(OC)c1Br. The van der Waals surface area contributed by atoms with Gasteiger partial charge in [0.25, 0.3) is 0 Å². The van der Waals surface area contributed by atoms with Crippen LogP contribution < -0.4 is 9.47 Å². The van der Waals surface area contributed by atoms with Crippen molar-refractivity contribution in [3.63, 3.8) is 0 Å². The van der Waals surface area contributed by atoms with Gasteiger partial charge < -0.3 is 9.47 Å². The Morgan fingerprint density at radius 3 is 2.44 bits per heavy atom. The van der Waals surface area contributed by atoms with E-state index >= 15 is 0 Å². The van der Waals surface area contributed by atoms with E-state index in [-0.39, 0.29) is 0 Å². The van der Waals surface area contributed by atoms with Crippen molar-refractivity contribution in [2.24, 2.45) is 0 Å². The Morgan fingerprint density at radius 2 is 1.94 bits per heavy atom. The average Bonchev–Trinajstić information content (AvgIpc) is 2.26. The van der Waals surface area contributed by atoms with Gasteiger partial charge in [0.2, 0.25) is 0 Å². The number of aryl methyl sites for hydroxylation is 1. The average molecular weight is 352 g/mol. The van der Waals surface area contributed by atoms with Gasteiger partial charge in [0.1, 0.15) is 16.0 Å². The van der Waals surface area contributed by atoms with E-state index in [1.807, 2.05) is 6.07 Å². The zero-order valence-electron chi connectivity index (χ0n) is 9.72. The number of alkyl halides is 1. The Hall–Kier alpha value is -0.220. The van der Waals surface area contributed by atoms with E-state index in [0.29, 0.717) is 4.83 Å². The third kappa shape index (κ3) is 3.39. The van der Waals surface area contributed by atoms with Gasteiger partial charge in [-0.2, -0.15) is 0 Å². The summed E-state index contributed by atoms with van der Waals surface area (Å²) < 4.78 is 11.5. The van der Waals surface area contributed by atoms with Gasteiger partial charge in [-0.05, 0) is 40.4 Å². The molecule has 2 nitrogen and oxygen atoms in total. The van der Waals surface area contributed by atoms with Gasteiger partial charge in [-0.3, -0.25) is 0 Å². The smallest absolute Gasteiger partial charge is 0.139 e. The third-order valence-electron chi connectivity index (χ3n) is 2.38. The summed E-state index contributed by atoms with van der Waals surface area (Å²) in [4.78, 5) is 0.512. The molecule has 0 fully saturated rings. The number of hydrogen-bond donors (Lipinski definition) is 0. The van der Waals surface area contributed by atoms with Crippen molar-refractivity contribution < 1.29 is 9.47 Å². The van der Waals surface area contributed by atoms with E-state index in [2.05, 4.69) is 44.8 Å². The molecule has 0 heterocycles. The van der Waals surface area contributed by atoms with Gasteiger partial charge in [-0.15, -0.1) is 0 Å². The van der Waals surface area contributed by atoms with E-state index in [9.17, 15) is 0 Å². The van der Waals surface area contributed by atoms with E-state index in [1.54, 1.807) is 14.2 Å². The lowest BCUT2D eigenvalue weighted by atomic mass is 10.1. The molecule has 1 aromatic rings. The van der Waals surface area contributed by atoms with Crippen LogP contribution in [0, 0.1) is 0 Å². The van der Waals surface area contributed by atoms with Crippen LogP contribution in [0.25, 0.3) is 0 Å². The maximum absolute atomic E-state index is 5.41. The summed E-state index contributed by atoms with van der Waals surface area (Å²) in [7, 11) is 3.33. The number of ether oxygens (including phenoxy) is 2. The van der Waals surface area contributed by atoms with Crippen LogP contribution in [0.3, 0.4) is 0 Å². The van der Waals surface area contributed by atoms with Gasteiger partial charge in [0, 0.05) is 4.83 Å². The van der Waals surface area contributed by atoms with Crippen LogP contribution in [0.5, 0.6) is 11.5 Å². The molecule has 0 radical (unpaired) electrons. The molecule has 0 aliphatic heterocycles. The highest BCUT2D eigenvalue weighted by Crippen LogP contribution is 2.37. The standard InChI is InChI=1S/C12H16Br2O2/c1-8(13)4-5-9-6-7-10(15-2)11(14)12(9)16-3/h6-8H,4-5H2,1-3H3. The Kier molecular flexibility index (Phi) is 5.62. The predicted molar refractivity (Wildman–Crippen MR) is 74.0 cm³/mol. The van der Waals surface area contributed by atoms with Crippen LogP contribution in [-0.2, 0) is 6.42 Å². The van der Waals surface area contributed by atoms with Gasteiger partial charge in [0.05, 0.1) is 14.2 Å². The highest BCUT2D eigenvalue weighted by molar-refractivity contribution is 9.10. The molecule has 1 aromatic carbocycles. The summed E-state index contributed by atoms with van der Waals surface area (Å²) in [5.74, 6) is 1.67. The highest BCUT2D eigenvalue weighted by atomic mass is 79.9. The fourth-order valence-corrected chi connectivity index (χ4v) is 2.45. The number of halogens is 2. The fraction of sp³-hybridized carbons (Fsp3) is 0.500. The van der Waals surface area contributed by atoms with Crippen molar-refractivity contribution in [1.82, 2.24) is 0 Å². The molecule has 1 rings (SSSR count). The summed E-state index contributed by atoms with van der Waals surface area (Å²) in [5.41, 5.74) is 1.20. The zero-order valence-corrected chi connectivity index (χ0v) is 12.9. The second kappa shape index (κ2) is 6.50. The molecule has 0 aliphatic rings. The molecular formula is C12H16Br2O2. The minimum absolute atomic E-state index is 0.512. The second-order valence-corrected chi connectivity index (χ2v) is 5.95. The van der Waals surface area contributed by atoms with Gasteiger partial charge in [0.15, 0.2) is 0 Å². The minimum Gasteiger partial charge on any atom is -0.495 e. The topological polar surface area (TPSA) is 18.5 Å². The molecule has 1 unspecified atom stereocenters. The molecule has 4 heteroatoms. The number of benzene rings is 1. The van der Waals surface area contributed by atoms with Gasteiger partial charge >= 0.3 is 0 Å². The van der Waals surface area contributed by atoms with Crippen LogP contribution in [0.15, 0.2) is 16.6 Å². The molecule has 90 valence electrons. The largest absolute Gasteiger partial charge is 0.495 e. The first kappa shape index (κ1) is 13.8. The lowest BCUT2D eigenvalue weighted by molar-refractivity contribution is 0.386. The van der Waals surface area contributed by atoms with Crippen LogP contribution in [-0.4, -0.2) is 19.0 Å². The summed E-state index contributed by atoms with van der Waals surface area (Å²) in [6, 6.07) is 4.01. The van der Waals surface area contributed by atoms with Crippen molar-refractivity contribution >= 4 is 31.9 Å². The quantitative estimate of drug-likeness (QED) is 0.741. The summed E-state index contributed by atoms with van der Waals surface area (Å²) in [5, 5.41) is 0. The molecule has 0 spiro atoms. The fourth-order valence-electron chi connectivity index (χ4n) is 1.51. The van der Waals surface area contributed by atoms with Gasteiger partial charge in [-0.25, -0.2) is 0 Å². The van der Waals surface area contributed by atoms with Crippen LogP contribution in [0.2, 0.25) is 0 Å². The second-order valence-electron chi connectivity index (χ2n) is 3.59. The Labute approximate surface area is 114 Å². The molecule has 16 heavy (non-hydrogen) atoms. The van der Waals surface area contributed by atoms with Crippen molar-refractivity contribution in [1.29, 1.82) is 0 Å². The van der Waals surface area contributed by atoms with Crippen LogP contribution in [0.1, 0.15) is 18.9 Å². The molecule has 0 aromatic heterocycles. The maximum atomic E-state index is 5.41. The molecule has 0 saturated heterocycles. The first-order valence-corrected chi connectivity index (χ1v) is 6.84. The van der Waals surface area contributed by atoms with E-state index in [1.165, 1.54) is 5.56 Å². The van der Waals surface area contributed by atoms with Gasteiger partial charge in [-0.1, -0.05) is 28.9 Å². The molecule has 0 amide bonds. The molecular weight excluding hydrogens is 336 g/mol. The van der Waals surface area contributed by atoms with Crippen LogP contribution in [0.4, 0.5) is 0 Å². The molecule has 0 bridgehead atoms. The number of methoxy groups -OCH3 is 2. The van der Waals surface area contributed by atoms with E-state index in [0.717, 1.165) is 28.8 Å². The first-order chi connectivity index (χ1) is 7.60. The Morgan fingerprint density at radius 1 is 1.25 bits per heavy atom. The highest BCUT2D eigenvalue weighted by Gasteiger charge is 2.12. The summed E-state index contributed by atoms with van der Waals surface area (Å²) in [6.07, 6.45) is 2.06. The number of rotatable bonds is 5. The van der Waals surface area contributed by atoms with Crippen LogP contribution >= 0.6 is 31.9 Å². The normalized spacial score (nSPS) is 12.3. The van der Waals surface area contributed by atoms with Crippen molar-refractivity contribution in [3.05, 3.63) is 22.2 Å². The summed E-state index contributed by atoms with van der Waals surface area (Å²) in [6.45, 7) is 2.14. The molecule has 0 aliphatic carbocycles. The first-order valence-electron chi connectivity index (χ1n) is 5.13. The van der Waals surface area contributed by atoms with Crippen molar-refractivity contribution in [2.45, 2.75) is 24.6 Å². The van der Waals surface area contributed by atoms with E-state index in [4.69, 9.17) is 9.47 Å². The van der Waals surface area contributed by atoms with Crippen molar-refractivity contribution in [3.8, 4) is 11.5 Å². The van der Waals surface area contributed by atoms with Crippen molar-refractivity contribution in [2.75, 3.05) is 14.2 Å². The lowest BCUT2D eigenvalue weighted by Crippen LogP contribution is -1.99. The zero-order chi connectivity index (χ0) is 12.1. The summed E-state index contributed by atoms with van der Waals surface area (Å²) >= 11 is 7.05. The maximum Gasteiger partial charge on any atom is 0.139 e. The Bertz CT molecular complexity index is 351. The van der Waals surface area contributed by atoms with E-state index < -0.39 is 0 Å². The molecule has 1 atom stereocenters. The minimum atomic E-state index is 0.512. The monoisotopic (exact) mass is 350 g/mol. The third-order valence-corrected chi connectivity index (χ3v) is 3.59.